The largest absolute Gasteiger partial charge is 0.471 e. The molecule has 0 unspecified atom stereocenters. The van der Waals surface area contributed by atoms with Crippen molar-refractivity contribution in [2.75, 3.05) is 0 Å². The Hall–Kier alpha value is -0.780. The van der Waals surface area contributed by atoms with E-state index in [1.807, 2.05) is 0 Å². The average molecular weight is 211 g/mol. The van der Waals surface area contributed by atoms with Gasteiger partial charge in [-0.05, 0) is 12.8 Å². The minimum atomic E-state index is -4.86. The summed E-state index contributed by atoms with van der Waals surface area (Å²) in [6.07, 6.45) is -3.34. The van der Waals surface area contributed by atoms with E-state index in [9.17, 15) is 23.1 Å². The quantitative estimate of drug-likeness (QED) is 0.679. The zero-order chi connectivity index (χ0) is 10.8. The van der Waals surface area contributed by atoms with Gasteiger partial charge in [-0.25, -0.2) is 0 Å². The van der Waals surface area contributed by atoms with Crippen LogP contribution in [0.4, 0.5) is 13.2 Å². The van der Waals surface area contributed by atoms with Crippen molar-refractivity contribution in [3.8, 4) is 0 Å². The Morgan fingerprint density at radius 1 is 1.29 bits per heavy atom. The molecule has 1 saturated carbocycles. The summed E-state index contributed by atoms with van der Waals surface area (Å²) < 4.78 is 35.5. The van der Waals surface area contributed by atoms with E-state index >= 15 is 0 Å². The number of carbonyl (C=O) groups is 1. The Balaban J connectivity index is 2.46. The van der Waals surface area contributed by atoms with Crippen LogP contribution in [0.3, 0.4) is 0 Å². The maximum atomic E-state index is 11.8. The molecule has 2 atom stereocenters. The van der Waals surface area contributed by atoms with Crippen LogP contribution in [-0.2, 0) is 4.79 Å². The highest BCUT2D eigenvalue weighted by Crippen LogP contribution is 2.21. The number of alkyl halides is 3. The molecule has 0 aromatic carbocycles. The predicted octanol–water partition coefficient (Wildman–Crippen LogP) is 0.968. The van der Waals surface area contributed by atoms with Crippen molar-refractivity contribution in [1.82, 2.24) is 5.32 Å². The Kier molecular flexibility index (Phi) is 3.36. The van der Waals surface area contributed by atoms with Crippen molar-refractivity contribution < 1.29 is 23.1 Å². The third-order valence-corrected chi connectivity index (χ3v) is 2.30. The highest BCUT2D eigenvalue weighted by molar-refractivity contribution is 5.82. The molecule has 6 heteroatoms. The fourth-order valence-corrected chi connectivity index (χ4v) is 1.53. The lowest BCUT2D eigenvalue weighted by Gasteiger charge is -2.28. The second-order valence-corrected chi connectivity index (χ2v) is 3.43. The van der Waals surface area contributed by atoms with Crippen molar-refractivity contribution in [2.45, 2.75) is 44.0 Å². The fraction of sp³-hybridized carbons (Fsp3) is 0.875. The van der Waals surface area contributed by atoms with E-state index in [2.05, 4.69) is 0 Å². The van der Waals surface area contributed by atoms with Gasteiger partial charge in [-0.15, -0.1) is 0 Å². The lowest BCUT2D eigenvalue weighted by molar-refractivity contribution is -0.175. The molecule has 0 aliphatic heterocycles. The van der Waals surface area contributed by atoms with Gasteiger partial charge < -0.3 is 10.4 Å². The van der Waals surface area contributed by atoms with Gasteiger partial charge >= 0.3 is 12.1 Å². The van der Waals surface area contributed by atoms with Gasteiger partial charge in [0.1, 0.15) is 0 Å². The van der Waals surface area contributed by atoms with Crippen LogP contribution in [0.2, 0.25) is 0 Å². The maximum absolute atomic E-state index is 11.8. The first-order chi connectivity index (χ1) is 6.41. The lowest BCUT2D eigenvalue weighted by atomic mass is 9.92. The molecule has 0 radical (unpaired) electrons. The number of halogens is 3. The molecule has 1 amide bonds. The molecule has 1 aliphatic rings. The molecular formula is C8H12F3NO2. The third-order valence-electron chi connectivity index (χ3n) is 2.30. The molecule has 0 aromatic rings. The van der Waals surface area contributed by atoms with Gasteiger partial charge in [0.25, 0.3) is 0 Å². The molecule has 1 fully saturated rings. The highest BCUT2D eigenvalue weighted by atomic mass is 19.4. The smallest absolute Gasteiger partial charge is 0.391 e. The summed E-state index contributed by atoms with van der Waals surface area (Å²) in [6, 6.07) is -0.752. The van der Waals surface area contributed by atoms with Crippen molar-refractivity contribution >= 4 is 5.91 Å². The van der Waals surface area contributed by atoms with Crippen molar-refractivity contribution in [3.63, 3.8) is 0 Å². The Morgan fingerprint density at radius 2 is 1.86 bits per heavy atom. The second-order valence-electron chi connectivity index (χ2n) is 3.43. The van der Waals surface area contributed by atoms with Crippen molar-refractivity contribution in [2.24, 2.45) is 0 Å². The number of amides is 1. The molecule has 1 aliphatic carbocycles. The molecule has 82 valence electrons. The van der Waals surface area contributed by atoms with Gasteiger partial charge in [-0.3, -0.25) is 4.79 Å². The zero-order valence-corrected chi connectivity index (χ0v) is 7.47. The lowest BCUT2D eigenvalue weighted by Crippen LogP contribution is -2.49. The first-order valence-corrected chi connectivity index (χ1v) is 4.47. The van der Waals surface area contributed by atoms with Gasteiger partial charge in [0, 0.05) is 0 Å². The van der Waals surface area contributed by atoms with Crippen LogP contribution in [0.5, 0.6) is 0 Å². The van der Waals surface area contributed by atoms with Crippen LogP contribution >= 0.6 is 0 Å². The molecule has 2 N–H and O–H groups in total. The Bertz CT molecular complexity index is 217. The number of hydrogen-bond donors (Lipinski definition) is 2. The zero-order valence-electron chi connectivity index (χ0n) is 7.47. The van der Waals surface area contributed by atoms with Crippen molar-refractivity contribution in [3.05, 3.63) is 0 Å². The van der Waals surface area contributed by atoms with Crippen molar-refractivity contribution in [1.29, 1.82) is 0 Å². The molecule has 0 heterocycles. The molecule has 0 spiro atoms. The molecule has 0 aromatic heterocycles. The van der Waals surface area contributed by atoms with Gasteiger partial charge in [-0.2, -0.15) is 13.2 Å². The van der Waals surface area contributed by atoms with Crippen LogP contribution in [0.25, 0.3) is 0 Å². The maximum Gasteiger partial charge on any atom is 0.471 e. The Labute approximate surface area is 79.3 Å². The summed E-state index contributed by atoms with van der Waals surface area (Å²) in [5.74, 6) is -1.97. The second kappa shape index (κ2) is 4.16. The molecule has 14 heavy (non-hydrogen) atoms. The monoisotopic (exact) mass is 211 g/mol. The van der Waals surface area contributed by atoms with Crippen LogP contribution in [0, 0.1) is 0 Å². The summed E-state index contributed by atoms with van der Waals surface area (Å²) in [4.78, 5) is 10.5. The highest BCUT2D eigenvalue weighted by Gasteiger charge is 2.40. The predicted molar refractivity (Wildman–Crippen MR) is 42.5 cm³/mol. The normalized spacial score (nSPS) is 28.6. The average Bonchev–Trinajstić information content (AvgIpc) is 2.07. The van der Waals surface area contributed by atoms with Crippen LogP contribution in [0.15, 0.2) is 0 Å². The summed E-state index contributed by atoms with van der Waals surface area (Å²) >= 11 is 0. The number of aliphatic hydroxyl groups is 1. The number of carbonyl (C=O) groups excluding carboxylic acids is 1. The topological polar surface area (TPSA) is 49.3 Å². The molecule has 0 saturated heterocycles. The van der Waals surface area contributed by atoms with Gasteiger partial charge in [-0.1, -0.05) is 12.8 Å². The molecular weight excluding hydrogens is 199 g/mol. The number of rotatable bonds is 1. The van der Waals surface area contributed by atoms with E-state index in [-0.39, 0.29) is 0 Å². The number of hydrogen-bond acceptors (Lipinski definition) is 2. The van der Waals surface area contributed by atoms with Gasteiger partial charge in [0.2, 0.25) is 0 Å². The first kappa shape index (κ1) is 11.3. The number of aliphatic hydroxyl groups excluding tert-OH is 1. The molecule has 1 rings (SSSR count). The standard InChI is InChI=1S/C8H12F3NO2/c9-8(10,11)7(14)12-5-3-1-2-4-6(5)13/h5-6,13H,1-4H2,(H,12,14)/t5-,6+/m0/s1. The van der Waals surface area contributed by atoms with Crippen LogP contribution in [0.1, 0.15) is 25.7 Å². The summed E-state index contributed by atoms with van der Waals surface area (Å²) in [5.41, 5.74) is 0. The van der Waals surface area contributed by atoms with E-state index in [0.29, 0.717) is 12.8 Å². The Morgan fingerprint density at radius 3 is 2.36 bits per heavy atom. The summed E-state index contributed by atoms with van der Waals surface area (Å²) in [7, 11) is 0. The van der Waals surface area contributed by atoms with E-state index in [1.165, 1.54) is 0 Å². The van der Waals surface area contributed by atoms with Gasteiger partial charge in [0.05, 0.1) is 12.1 Å². The van der Waals surface area contributed by atoms with Crippen LogP contribution < -0.4 is 5.32 Å². The summed E-state index contributed by atoms with van der Waals surface area (Å²) in [5, 5.41) is 11.1. The summed E-state index contributed by atoms with van der Waals surface area (Å²) in [6.45, 7) is 0. The molecule has 3 nitrogen and oxygen atoms in total. The minimum Gasteiger partial charge on any atom is -0.391 e. The van der Waals surface area contributed by atoms with E-state index in [1.54, 1.807) is 5.32 Å². The minimum absolute atomic E-state index is 0.406. The van der Waals surface area contributed by atoms with Crippen LogP contribution in [-0.4, -0.2) is 29.3 Å². The third kappa shape index (κ3) is 2.87. The SMILES string of the molecule is O=C(N[C@H]1CCCC[C@H]1O)C(F)(F)F. The first-order valence-electron chi connectivity index (χ1n) is 4.47. The fourth-order valence-electron chi connectivity index (χ4n) is 1.53. The van der Waals surface area contributed by atoms with E-state index < -0.39 is 24.2 Å². The molecule has 0 bridgehead atoms. The van der Waals surface area contributed by atoms with E-state index in [4.69, 9.17) is 0 Å². The van der Waals surface area contributed by atoms with E-state index in [0.717, 1.165) is 12.8 Å². The van der Waals surface area contributed by atoms with Gasteiger partial charge in [0.15, 0.2) is 0 Å². The number of nitrogens with one attached hydrogen (secondary N) is 1.